The minimum Gasteiger partial charge on any atom is -0.446 e. The lowest BCUT2D eigenvalue weighted by Gasteiger charge is -2.84. The fourth-order valence-electron chi connectivity index (χ4n) is 11.7. The second kappa shape index (κ2) is 9.14. The first-order valence-electron chi connectivity index (χ1n) is 16.7. The van der Waals surface area contributed by atoms with Crippen molar-refractivity contribution in [2.24, 2.45) is 45.8 Å². The summed E-state index contributed by atoms with van der Waals surface area (Å²) < 4.78 is 12.3. The van der Waals surface area contributed by atoms with E-state index >= 15 is 0 Å². The van der Waals surface area contributed by atoms with E-state index in [1.54, 1.807) is 6.07 Å². The third-order valence-electron chi connectivity index (χ3n) is 13.6. The Morgan fingerprint density at radius 2 is 1.80 bits per heavy atom. The van der Waals surface area contributed by atoms with Crippen molar-refractivity contribution in [1.82, 2.24) is 5.32 Å². The van der Waals surface area contributed by atoms with Crippen LogP contribution in [0.5, 0.6) is 0 Å². The average molecular weight is 618 g/mol. The maximum absolute atomic E-state index is 14.7. The van der Waals surface area contributed by atoms with Crippen LogP contribution in [0.25, 0.3) is 0 Å². The molecule has 1 aromatic carbocycles. The third-order valence-corrected chi connectivity index (χ3v) is 13.6. The number of carbonyl (C=O) groups is 4. The number of nitrogens with one attached hydrogen (secondary N) is 1. The second-order valence-corrected chi connectivity index (χ2v) is 15.8. The van der Waals surface area contributed by atoms with Crippen molar-refractivity contribution in [3.8, 4) is 0 Å². The normalized spacial score (nSPS) is 47.0. The highest BCUT2D eigenvalue weighted by molar-refractivity contribution is 6.10. The van der Waals surface area contributed by atoms with Gasteiger partial charge in [0.15, 0.2) is 11.4 Å². The zero-order chi connectivity index (χ0) is 31.9. The fourth-order valence-corrected chi connectivity index (χ4v) is 11.7. The summed E-state index contributed by atoms with van der Waals surface area (Å²) in [6.07, 6.45) is 2.99. The zero-order valence-corrected chi connectivity index (χ0v) is 26.3. The van der Waals surface area contributed by atoms with Gasteiger partial charge in [0.2, 0.25) is 5.79 Å². The summed E-state index contributed by atoms with van der Waals surface area (Å²) in [7, 11) is 0. The summed E-state index contributed by atoms with van der Waals surface area (Å²) in [5.74, 6) is -5.45. The molecule has 1 aromatic rings. The first-order valence-corrected chi connectivity index (χ1v) is 16.7. The summed E-state index contributed by atoms with van der Waals surface area (Å²) in [6.45, 7) is 10.2. The number of ketones is 2. The van der Waals surface area contributed by atoms with Crippen LogP contribution in [0.4, 0.5) is 0 Å². The van der Waals surface area contributed by atoms with Gasteiger partial charge in [-0.1, -0.05) is 38.1 Å². The smallest absolute Gasteiger partial charge is 0.310 e. The van der Waals surface area contributed by atoms with Gasteiger partial charge >= 0.3 is 5.97 Å². The summed E-state index contributed by atoms with van der Waals surface area (Å²) in [5.41, 5.74) is -2.42. The standard InChI is InChI=1S/C36H43NO8/c1-18-6-5-7-21(16-18)29(40)37-22-10-8-20(9-11-22)30(41)45-35-19(2)23-12-13-24-33-17-44-36(43,34(24,26(23)35)31(35)42)28(39)27(33)32(3,4)15-14-25(33)38/h5-7,16,20,22-24,26-28,39,43H,2,8-15,17H2,1,3-4H3,(H,37,40). The summed E-state index contributed by atoms with van der Waals surface area (Å²) in [5, 5.41) is 27.2. The van der Waals surface area contributed by atoms with Crippen LogP contribution in [0.15, 0.2) is 36.4 Å². The molecule has 8 aliphatic rings. The van der Waals surface area contributed by atoms with Crippen molar-refractivity contribution in [1.29, 1.82) is 0 Å². The van der Waals surface area contributed by atoms with Crippen molar-refractivity contribution in [3.05, 3.63) is 47.5 Å². The van der Waals surface area contributed by atoms with Gasteiger partial charge in [-0.3, -0.25) is 19.2 Å². The van der Waals surface area contributed by atoms with Crippen LogP contribution in [-0.2, 0) is 23.9 Å². The fraction of sp³-hybridized carbons (Fsp3) is 0.667. The van der Waals surface area contributed by atoms with Gasteiger partial charge in [0.1, 0.15) is 17.3 Å². The maximum atomic E-state index is 14.7. The number of ether oxygens (including phenoxy) is 2. The lowest BCUT2D eigenvalue weighted by molar-refractivity contribution is -0.465. The molecule has 9 atom stereocenters. The number of hydrogen-bond acceptors (Lipinski definition) is 8. The van der Waals surface area contributed by atoms with Crippen molar-refractivity contribution < 1.29 is 38.9 Å². The van der Waals surface area contributed by atoms with Crippen LogP contribution >= 0.6 is 0 Å². The summed E-state index contributed by atoms with van der Waals surface area (Å²) >= 11 is 0. The topological polar surface area (TPSA) is 139 Å². The molecular weight excluding hydrogens is 574 g/mol. The number of aliphatic hydroxyl groups is 2. The van der Waals surface area contributed by atoms with Crippen LogP contribution in [0.1, 0.15) is 81.1 Å². The monoisotopic (exact) mass is 617 g/mol. The number of Topliss-reactive ketones (excluding diaryl/α,β-unsaturated/α-hetero) is 2. The molecule has 0 radical (unpaired) electrons. The van der Waals surface area contributed by atoms with Gasteiger partial charge in [-0.25, -0.2) is 0 Å². The van der Waals surface area contributed by atoms with E-state index in [2.05, 4.69) is 11.9 Å². The molecule has 9 rings (SSSR count). The predicted molar refractivity (Wildman–Crippen MR) is 160 cm³/mol. The highest BCUT2D eigenvalue weighted by atomic mass is 16.6. The molecule has 3 N–H and O–H groups in total. The zero-order valence-electron chi connectivity index (χ0n) is 26.3. The molecule has 45 heavy (non-hydrogen) atoms. The minimum atomic E-state index is -2.16. The van der Waals surface area contributed by atoms with Crippen LogP contribution in [0.2, 0.25) is 0 Å². The Kier molecular flexibility index (Phi) is 5.99. The Labute approximate surface area is 263 Å². The number of aryl methyl sites for hydroxylation is 1. The van der Waals surface area contributed by atoms with Crippen LogP contribution in [0, 0.1) is 52.8 Å². The number of fused-ring (bicyclic) bond motifs is 1. The Hall–Kier alpha value is -2.88. The molecule has 2 saturated heterocycles. The van der Waals surface area contributed by atoms with Gasteiger partial charge in [-0.15, -0.1) is 0 Å². The molecule has 0 aromatic heterocycles. The van der Waals surface area contributed by atoms with Gasteiger partial charge in [0, 0.05) is 29.9 Å². The average Bonchev–Trinajstić information content (AvgIpc) is 3.01. The molecule has 6 saturated carbocycles. The van der Waals surface area contributed by atoms with Gasteiger partial charge < -0.3 is 25.0 Å². The van der Waals surface area contributed by atoms with Crippen molar-refractivity contribution in [3.63, 3.8) is 0 Å². The molecule has 8 fully saturated rings. The van der Waals surface area contributed by atoms with E-state index < -0.39 is 69.2 Å². The summed E-state index contributed by atoms with van der Waals surface area (Å²) in [4.78, 5) is 55.1. The number of amides is 1. The molecule has 2 spiro atoms. The molecule has 2 heterocycles. The number of hydrogen-bond donors (Lipinski definition) is 3. The first kappa shape index (κ1) is 29.5. The highest BCUT2D eigenvalue weighted by Gasteiger charge is 2.97. The number of rotatable bonds is 4. The molecule has 1 amide bonds. The number of carbonyl (C=O) groups excluding carboxylic acids is 4. The number of aliphatic hydroxyl groups excluding tert-OH is 1. The Morgan fingerprint density at radius 3 is 2.51 bits per heavy atom. The van der Waals surface area contributed by atoms with Crippen molar-refractivity contribution >= 4 is 23.4 Å². The van der Waals surface area contributed by atoms with Crippen molar-refractivity contribution in [2.75, 3.05) is 6.61 Å². The van der Waals surface area contributed by atoms with Crippen molar-refractivity contribution in [2.45, 2.75) is 95.7 Å². The van der Waals surface area contributed by atoms with E-state index in [4.69, 9.17) is 9.47 Å². The predicted octanol–water partition coefficient (Wildman–Crippen LogP) is 3.43. The first-order chi connectivity index (χ1) is 21.3. The molecule has 9 unspecified atom stereocenters. The van der Waals surface area contributed by atoms with E-state index in [0.29, 0.717) is 62.5 Å². The largest absolute Gasteiger partial charge is 0.446 e. The molecule has 240 valence electrons. The van der Waals surface area contributed by atoms with Gasteiger partial charge in [0.25, 0.3) is 5.91 Å². The molecule has 2 bridgehead atoms. The molecular formula is C36H43NO8. The van der Waals surface area contributed by atoms with E-state index in [0.717, 1.165) is 5.56 Å². The Morgan fingerprint density at radius 1 is 1.07 bits per heavy atom. The summed E-state index contributed by atoms with van der Waals surface area (Å²) in [6, 6.07) is 7.36. The molecule has 9 heteroatoms. The second-order valence-electron chi connectivity index (χ2n) is 15.8. The van der Waals surface area contributed by atoms with E-state index in [-0.39, 0.29) is 30.3 Å². The molecule has 6 aliphatic carbocycles. The molecule has 2 aliphatic heterocycles. The third kappa shape index (κ3) is 3.25. The quantitative estimate of drug-likeness (QED) is 0.345. The van der Waals surface area contributed by atoms with Crippen LogP contribution < -0.4 is 5.32 Å². The number of benzene rings is 1. The van der Waals surface area contributed by atoms with Gasteiger partial charge in [0.05, 0.1) is 17.9 Å². The van der Waals surface area contributed by atoms with E-state index in [1.165, 1.54) is 0 Å². The minimum absolute atomic E-state index is 0.00199. The van der Waals surface area contributed by atoms with E-state index in [9.17, 15) is 29.4 Å². The van der Waals surface area contributed by atoms with Gasteiger partial charge in [-0.2, -0.15) is 0 Å². The Balaban J connectivity index is 1.03. The maximum Gasteiger partial charge on any atom is 0.310 e. The lowest BCUT2D eigenvalue weighted by Crippen LogP contribution is -2.97. The van der Waals surface area contributed by atoms with Crippen LogP contribution in [-0.4, -0.2) is 63.8 Å². The van der Waals surface area contributed by atoms with Gasteiger partial charge in [-0.05, 0) is 86.8 Å². The SMILES string of the molecule is C=C1C2CCC3C45COC(O)(C(O)C4C(C)(C)CCC5=O)C34C(=O)C1(OC(=O)C1CCC(NC(=O)c3cccc(C)c3)CC1)C24. The van der Waals surface area contributed by atoms with Crippen LogP contribution in [0.3, 0.4) is 0 Å². The van der Waals surface area contributed by atoms with E-state index in [1.807, 2.05) is 39.0 Å². The Bertz CT molecular complexity index is 1560. The highest BCUT2D eigenvalue weighted by Crippen LogP contribution is 2.85. The molecule has 9 nitrogen and oxygen atoms in total. The lowest BCUT2D eigenvalue weighted by atomic mass is 9.21. The number of esters is 1.